The first kappa shape index (κ1) is 15.6. The van der Waals surface area contributed by atoms with E-state index in [-0.39, 0.29) is 12.8 Å². The summed E-state index contributed by atoms with van der Waals surface area (Å²) in [5.41, 5.74) is 7.15. The molecule has 0 aromatic heterocycles. The van der Waals surface area contributed by atoms with E-state index in [1.54, 1.807) is 0 Å². The number of ether oxygens (including phenoxy) is 2. The molecule has 2 unspecified atom stereocenters. The first-order valence-corrected chi connectivity index (χ1v) is 7.85. The topological polar surface area (TPSA) is 47.7 Å². The Labute approximate surface area is 129 Å². The summed E-state index contributed by atoms with van der Waals surface area (Å²) in [7, 11) is 2.13. The summed E-state index contributed by atoms with van der Waals surface area (Å²) in [6.07, 6.45) is 1.17. The first-order chi connectivity index (χ1) is 9.56. The third-order valence-electron chi connectivity index (χ3n) is 3.89. The van der Waals surface area contributed by atoms with Gasteiger partial charge in [0.1, 0.15) is 0 Å². The van der Waals surface area contributed by atoms with Crippen LogP contribution in [-0.2, 0) is 0 Å². The molecule has 2 atom stereocenters. The molecule has 1 aromatic carbocycles. The molecule has 1 aliphatic rings. The summed E-state index contributed by atoms with van der Waals surface area (Å²) in [5.74, 6) is 2.24. The van der Waals surface area contributed by atoms with Gasteiger partial charge in [0.15, 0.2) is 11.5 Å². The number of rotatable bonds is 6. The van der Waals surface area contributed by atoms with Crippen LogP contribution >= 0.6 is 15.9 Å². The smallest absolute Gasteiger partial charge is 0.231 e. The second-order valence-electron chi connectivity index (χ2n) is 5.44. The lowest BCUT2D eigenvalue weighted by Crippen LogP contribution is -2.33. The molecule has 0 spiro atoms. The molecule has 4 nitrogen and oxygen atoms in total. The van der Waals surface area contributed by atoms with Crippen LogP contribution in [0, 0.1) is 5.92 Å². The molecule has 20 heavy (non-hydrogen) atoms. The molecule has 0 aliphatic carbocycles. The quantitative estimate of drug-likeness (QED) is 0.862. The Hall–Kier alpha value is -0.780. The van der Waals surface area contributed by atoms with Gasteiger partial charge in [-0.2, -0.15) is 0 Å². The zero-order valence-corrected chi connectivity index (χ0v) is 13.9. The van der Waals surface area contributed by atoms with Gasteiger partial charge in [0.25, 0.3) is 0 Å². The molecule has 0 fully saturated rings. The Kier molecular flexibility index (Phi) is 5.29. The molecule has 0 amide bonds. The molecule has 1 aliphatic heterocycles. The van der Waals surface area contributed by atoms with Crippen molar-refractivity contribution in [1.29, 1.82) is 0 Å². The highest BCUT2D eigenvalue weighted by atomic mass is 79.9. The molecule has 2 rings (SSSR count). The van der Waals surface area contributed by atoms with Gasteiger partial charge in [-0.3, -0.25) is 4.90 Å². The van der Waals surface area contributed by atoms with E-state index in [1.165, 1.54) is 6.42 Å². The highest BCUT2D eigenvalue weighted by molar-refractivity contribution is 9.10. The maximum absolute atomic E-state index is 5.99. The van der Waals surface area contributed by atoms with Crippen LogP contribution in [0.3, 0.4) is 0 Å². The fraction of sp³-hybridized carbons (Fsp3) is 0.600. The number of nitrogens with zero attached hydrogens (tertiary/aromatic N) is 1. The molecule has 5 heteroatoms. The number of benzene rings is 1. The Morgan fingerprint density at radius 2 is 2.15 bits per heavy atom. The number of hydrogen-bond acceptors (Lipinski definition) is 4. The van der Waals surface area contributed by atoms with E-state index >= 15 is 0 Å². The van der Waals surface area contributed by atoms with Crippen LogP contribution in [0.25, 0.3) is 0 Å². The summed E-state index contributed by atoms with van der Waals surface area (Å²) >= 11 is 3.54. The molecular formula is C15H23BrN2O2. The summed E-state index contributed by atoms with van der Waals surface area (Å²) in [4.78, 5) is 2.32. The molecule has 1 heterocycles. The van der Waals surface area contributed by atoms with Gasteiger partial charge in [-0.05, 0) is 46.6 Å². The van der Waals surface area contributed by atoms with E-state index in [9.17, 15) is 0 Å². The van der Waals surface area contributed by atoms with Crippen molar-refractivity contribution in [3.05, 3.63) is 22.2 Å². The van der Waals surface area contributed by atoms with E-state index in [4.69, 9.17) is 15.2 Å². The van der Waals surface area contributed by atoms with Gasteiger partial charge in [0.05, 0.1) is 4.47 Å². The highest BCUT2D eigenvalue weighted by Gasteiger charge is 2.23. The largest absolute Gasteiger partial charge is 0.454 e. The van der Waals surface area contributed by atoms with Crippen molar-refractivity contribution in [1.82, 2.24) is 4.90 Å². The molecule has 0 saturated carbocycles. The maximum atomic E-state index is 5.99. The molecule has 1 aromatic rings. The zero-order chi connectivity index (χ0) is 14.7. The Morgan fingerprint density at radius 1 is 1.40 bits per heavy atom. The van der Waals surface area contributed by atoms with Gasteiger partial charge in [0.2, 0.25) is 6.79 Å². The van der Waals surface area contributed by atoms with E-state index in [0.717, 1.165) is 28.1 Å². The van der Waals surface area contributed by atoms with Crippen LogP contribution in [0.2, 0.25) is 0 Å². The zero-order valence-electron chi connectivity index (χ0n) is 12.4. The predicted molar refractivity (Wildman–Crippen MR) is 84.1 cm³/mol. The summed E-state index contributed by atoms with van der Waals surface area (Å²) in [5, 5.41) is 0. The van der Waals surface area contributed by atoms with Crippen LogP contribution in [0.5, 0.6) is 11.5 Å². The lowest BCUT2D eigenvalue weighted by Gasteiger charge is -2.29. The molecule has 112 valence electrons. The van der Waals surface area contributed by atoms with Gasteiger partial charge < -0.3 is 15.2 Å². The average Bonchev–Trinajstić information content (AvgIpc) is 2.88. The molecular weight excluding hydrogens is 320 g/mol. The van der Waals surface area contributed by atoms with Crippen molar-refractivity contribution in [3.8, 4) is 11.5 Å². The first-order valence-electron chi connectivity index (χ1n) is 7.06. The number of halogens is 1. The second-order valence-corrected chi connectivity index (χ2v) is 6.30. The van der Waals surface area contributed by atoms with Crippen LogP contribution in [0.4, 0.5) is 0 Å². The fourth-order valence-corrected chi connectivity index (χ4v) is 3.07. The number of fused-ring (bicyclic) bond motifs is 1. The SMILES string of the molecule is CCC(C)CN(C)C(CN)c1cc(Br)c2c(c1)OCO2. The van der Waals surface area contributed by atoms with Crippen LogP contribution < -0.4 is 15.2 Å². The standard InChI is InChI=1S/C15H23BrN2O2/c1-4-10(2)8-18(3)13(7-17)11-5-12(16)15-14(6-11)19-9-20-15/h5-6,10,13H,4,7-9,17H2,1-3H3. The van der Waals surface area contributed by atoms with Gasteiger partial charge in [-0.25, -0.2) is 0 Å². The third kappa shape index (κ3) is 3.27. The predicted octanol–water partition coefficient (Wildman–Crippen LogP) is 3.16. The summed E-state index contributed by atoms with van der Waals surface area (Å²) in [6.45, 7) is 6.38. The minimum absolute atomic E-state index is 0.190. The van der Waals surface area contributed by atoms with E-state index in [0.29, 0.717) is 12.5 Å². The van der Waals surface area contributed by atoms with Crippen LogP contribution in [0.1, 0.15) is 31.9 Å². The summed E-state index contributed by atoms with van der Waals surface area (Å²) < 4.78 is 11.8. The Balaban J connectivity index is 2.21. The third-order valence-corrected chi connectivity index (χ3v) is 4.48. The van der Waals surface area contributed by atoms with Gasteiger partial charge in [-0.15, -0.1) is 0 Å². The molecule has 0 radical (unpaired) electrons. The van der Waals surface area contributed by atoms with Crippen LogP contribution in [-0.4, -0.2) is 31.8 Å². The van der Waals surface area contributed by atoms with Crippen molar-refractivity contribution in [2.24, 2.45) is 11.7 Å². The fourth-order valence-electron chi connectivity index (χ4n) is 2.50. The van der Waals surface area contributed by atoms with Gasteiger partial charge >= 0.3 is 0 Å². The molecule has 2 N–H and O–H groups in total. The van der Waals surface area contributed by atoms with E-state index in [1.807, 2.05) is 6.07 Å². The van der Waals surface area contributed by atoms with Crippen molar-refractivity contribution >= 4 is 15.9 Å². The second kappa shape index (κ2) is 6.78. The van der Waals surface area contributed by atoms with E-state index < -0.39 is 0 Å². The van der Waals surface area contributed by atoms with E-state index in [2.05, 4.69) is 47.8 Å². The number of nitrogens with two attached hydrogens (primary N) is 1. The number of likely N-dealkylation sites (N-methyl/N-ethyl adjacent to an activating group) is 1. The molecule has 0 bridgehead atoms. The lowest BCUT2D eigenvalue weighted by molar-refractivity contribution is 0.173. The van der Waals surface area contributed by atoms with Crippen molar-refractivity contribution in [3.63, 3.8) is 0 Å². The summed E-state index contributed by atoms with van der Waals surface area (Å²) in [6, 6.07) is 4.31. The average molecular weight is 343 g/mol. The lowest BCUT2D eigenvalue weighted by atomic mass is 10.0. The highest BCUT2D eigenvalue weighted by Crippen LogP contribution is 2.41. The van der Waals surface area contributed by atoms with Crippen LogP contribution in [0.15, 0.2) is 16.6 Å². The normalized spacial score (nSPS) is 16.5. The maximum Gasteiger partial charge on any atom is 0.231 e. The minimum Gasteiger partial charge on any atom is -0.454 e. The van der Waals surface area contributed by atoms with Gasteiger partial charge in [0, 0.05) is 19.1 Å². The van der Waals surface area contributed by atoms with Gasteiger partial charge in [-0.1, -0.05) is 20.3 Å². The Bertz CT molecular complexity index is 467. The van der Waals surface area contributed by atoms with Crippen molar-refractivity contribution < 1.29 is 9.47 Å². The monoisotopic (exact) mass is 342 g/mol. The minimum atomic E-state index is 0.190. The van der Waals surface area contributed by atoms with Crippen molar-refractivity contribution in [2.45, 2.75) is 26.3 Å². The molecule has 0 saturated heterocycles. The van der Waals surface area contributed by atoms with Crippen molar-refractivity contribution in [2.75, 3.05) is 26.9 Å². The number of hydrogen-bond donors (Lipinski definition) is 1. The Morgan fingerprint density at radius 3 is 2.80 bits per heavy atom.